The lowest BCUT2D eigenvalue weighted by Crippen LogP contribution is -2.41. The molecule has 0 fully saturated rings. The Balaban J connectivity index is 1.60. The molecule has 0 saturated carbocycles. The van der Waals surface area contributed by atoms with Crippen LogP contribution in [0, 0.1) is 0 Å². The number of fused-ring (bicyclic) bond motifs is 1. The minimum atomic E-state index is -0.441. The van der Waals surface area contributed by atoms with E-state index in [4.69, 9.17) is 16.3 Å². The lowest BCUT2D eigenvalue weighted by atomic mass is 10.1. The number of benzene rings is 2. The van der Waals surface area contributed by atoms with Gasteiger partial charge >= 0.3 is 0 Å². The van der Waals surface area contributed by atoms with Gasteiger partial charge in [0.05, 0.1) is 12.1 Å². The number of thiophene rings is 1. The maximum Gasteiger partial charge on any atom is 0.281 e. The van der Waals surface area contributed by atoms with Gasteiger partial charge in [0, 0.05) is 16.5 Å². The Kier molecular flexibility index (Phi) is 5.75. The van der Waals surface area contributed by atoms with E-state index in [0.29, 0.717) is 22.1 Å². The summed E-state index contributed by atoms with van der Waals surface area (Å²) in [6, 6.07) is 15.1. The number of hydrogen-bond acceptors (Lipinski definition) is 4. The summed E-state index contributed by atoms with van der Waals surface area (Å²) >= 11 is 7.55. The van der Waals surface area contributed by atoms with Crippen molar-refractivity contribution in [2.24, 2.45) is 0 Å². The van der Waals surface area contributed by atoms with Crippen LogP contribution in [0.4, 0.5) is 0 Å². The molecule has 0 radical (unpaired) electrons. The van der Waals surface area contributed by atoms with E-state index in [0.717, 1.165) is 15.6 Å². The van der Waals surface area contributed by atoms with Crippen LogP contribution >= 0.6 is 22.9 Å². The highest BCUT2D eigenvalue weighted by Crippen LogP contribution is 2.37. The molecule has 134 valence electrons. The minimum absolute atomic E-state index is 0.263. The van der Waals surface area contributed by atoms with Crippen molar-refractivity contribution in [1.29, 1.82) is 0 Å². The molecular formula is C19H17ClN2O3S. The van der Waals surface area contributed by atoms with E-state index in [-0.39, 0.29) is 12.3 Å². The third-order valence-corrected chi connectivity index (χ3v) is 5.50. The summed E-state index contributed by atoms with van der Waals surface area (Å²) in [5.74, 6) is -0.0130. The van der Waals surface area contributed by atoms with E-state index >= 15 is 0 Å². The van der Waals surface area contributed by atoms with Crippen LogP contribution in [0.25, 0.3) is 10.1 Å². The number of methoxy groups -OCH3 is 1. The predicted molar refractivity (Wildman–Crippen MR) is 104 cm³/mol. The van der Waals surface area contributed by atoms with Crippen molar-refractivity contribution in [2.45, 2.75) is 12.8 Å². The number of rotatable bonds is 5. The molecular weight excluding hydrogens is 372 g/mol. The third-order valence-electron chi connectivity index (χ3n) is 3.84. The zero-order valence-corrected chi connectivity index (χ0v) is 15.6. The van der Waals surface area contributed by atoms with Crippen molar-refractivity contribution in [2.75, 3.05) is 7.11 Å². The molecule has 1 aromatic heterocycles. The normalized spacial score (nSPS) is 10.5. The van der Waals surface area contributed by atoms with Gasteiger partial charge in [-0.2, -0.15) is 0 Å². The number of hydrazine groups is 1. The Hall–Kier alpha value is -2.57. The van der Waals surface area contributed by atoms with Crippen LogP contribution in [-0.2, 0) is 11.2 Å². The Morgan fingerprint density at radius 3 is 2.62 bits per heavy atom. The van der Waals surface area contributed by atoms with Crippen molar-refractivity contribution in [1.82, 2.24) is 10.9 Å². The average molecular weight is 389 g/mol. The first-order chi connectivity index (χ1) is 12.6. The fraction of sp³-hybridized carbons (Fsp3) is 0.158. The number of amides is 2. The molecule has 0 aliphatic heterocycles. The number of aryl methyl sites for hydroxylation is 1. The Labute approximate surface area is 159 Å². The fourth-order valence-electron chi connectivity index (χ4n) is 2.47. The Morgan fingerprint density at radius 1 is 1.12 bits per heavy atom. The second-order valence-electron chi connectivity index (χ2n) is 5.60. The monoisotopic (exact) mass is 388 g/mol. The van der Waals surface area contributed by atoms with Gasteiger partial charge in [0.2, 0.25) is 5.91 Å². The first kappa shape index (κ1) is 18.2. The highest BCUT2D eigenvalue weighted by molar-refractivity contribution is 7.21. The topological polar surface area (TPSA) is 67.4 Å². The van der Waals surface area contributed by atoms with E-state index in [1.54, 1.807) is 13.2 Å². The quantitative estimate of drug-likeness (QED) is 0.650. The molecule has 7 heteroatoms. The van der Waals surface area contributed by atoms with Crippen LogP contribution in [0.3, 0.4) is 0 Å². The molecule has 5 nitrogen and oxygen atoms in total. The van der Waals surface area contributed by atoms with Crippen LogP contribution in [0.5, 0.6) is 5.75 Å². The van der Waals surface area contributed by atoms with Gasteiger partial charge in [-0.1, -0.05) is 41.9 Å². The summed E-state index contributed by atoms with van der Waals surface area (Å²) in [6.07, 6.45) is 0.883. The van der Waals surface area contributed by atoms with Gasteiger partial charge < -0.3 is 4.74 Å². The van der Waals surface area contributed by atoms with Gasteiger partial charge in [-0.25, -0.2) is 0 Å². The molecule has 0 saturated heterocycles. The summed E-state index contributed by atoms with van der Waals surface area (Å²) in [4.78, 5) is 24.6. The van der Waals surface area contributed by atoms with Gasteiger partial charge in [0.1, 0.15) is 10.6 Å². The van der Waals surface area contributed by atoms with Gasteiger partial charge in [-0.15, -0.1) is 11.3 Å². The molecule has 0 bridgehead atoms. The molecule has 3 rings (SSSR count). The van der Waals surface area contributed by atoms with E-state index in [9.17, 15) is 9.59 Å². The molecule has 2 amide bonds. The second-order valence-corrected chi connectivity index (χ2v) is 7.03. The maximum absolute atomic E-state index is 12.3. The Morgan fingerprint density at radius 2 is 1.88 bits per heavy atom. The zero-order valence-electron chi connectivity index (χ0n) is 14.0. The number of nitrogens with one attached hydrogen (secondary N) is 2. The highest BCUT2D eigenvalue weighted by Gasteiger charge is 2.18. The molecule has 0 aliphatic carbocycles. The number of hydrogen-bond donors (Lipinski definition) is 2. The smallest absolute Gasteiger partial charge is 0.281 e. The van der Waals surface area contributed by atoms with Crippen molar-refractivity contribution in [3.05, 3.63) is 64.0 Å². The standard InChI is InChI=1S/C19H17ClN2O3S/c1-25-13-8-9-14-15(11-13)26-18(17(14)20)19(24)22-21-16(23)10-7-12-5-3-2-4-6-12/h2-6,8-9,11H,7,10H2,1H3,(H,21,23)(H,22,24). The highest BCUT2D eigenvalue weighted by atomic mass is 35.5. The average Bonchev–Trinajstić information content (AvgIpc) is 3.01. The SMILES string of the molecule is COc1ccc2c(Cl)c(C(=O)NNC(=O)CCc3ccccc3)sc2c1. The summed E-state index contributed by atoms with van der Waals surface area (Å²) in [5.41, 5.74) is 5.92. The van der Waals surface area contributed by atoms with Crippen LogP contribution in [-0.4, -0.2) is 18.9 Å². The first-order valence-electron chi connectivity index (χ1n) is 7.97. The summed E-state index contributed by atoms with van der Waals surface area (Å²) in [5, 5.41) is 1.14. The minimum Gasteiger partial charge on any atom is -0.497 e. The first-order valence-corrected chi connectivity index (χ1v) is 9.17. The largest absolute Gasteiger partial charge is 0.497 e. The fourth-order valence-corrected chi connectivity index (χ4v) is 3.91. The van der Waals surface area contributed by atoms with Gasteiger partial charge in [-0.3, -0.25) is 20.4 Å². The van der Waals surface area contributed by atoms with Crippen molar-refractivity contribution < 1.29 is 14.3 Å². The number of carbonyl (C=O) groups is 2. The molecule has 26 heavy (non-hydrogen) atoms. The summed E-state index contributed by atoms with van der Waals surface area (Å²) < 4.78 is 6.02. The molecule has 3 aromatic rings. The predicted octanol–water partition coefficient (Wildman–Crippen LogP) is 3.96. The van der Waals surface area contributed by atoms with E-state index in [2.05, 4.69) is 10.9 Å². The number of carbonyl (C=O) groups excluding carboxylic acids is 2. The lowest BCUT2D eigenvalue weighted by Gasteiger charge is -2.06. The summed E-state index contributed by atoms with van der Waals surface area (Å²) in [6.45, 7) is 0. The molecule has 0 aliphatic rings. The van der Waals surface area contributed by atoms with Crippen LogP contribution in [0.15, 0.2) is 48.5 Å². The number of ether oxygens (including phenoxy) is 1. The van der Waals surface area contributed by atoms with Crippen molar-refractivity contribution in [3.63, 3.8) is 0 Å². The molecule has 1 heterocycles. The van der Waals surface area contributed by atoms with Gasteiger partial charge in [-0.05, 0) is 30.2 Å². The molecule has 2 aromatic carbocycles. The Bertz CT molecular complexity index is 941. The summed E-state index contributed by atoms with van der Waals surface area (Å²) in [7, 11) is 1.58. The van der Waals surface area contributed by atoms with Gasteiger partial charge in [0.25, 0.3) is 5.91 Å². The second kappa shape index (κ2) is 8.21. The third kappa shape index (κ3) is 4.15. The number of halogens is 1. The molecule has 0 unspecified atom stereocenters. The van der Waals surface area contributed by atoms with Gasteiger partial charge in [0.15, 0.2) is 0 Å². The van der Waals surface area contributed by atoms with E-state index in [1.807, 2.05) is 42.5 Å². The van der Waals surface area contributed by atoms with E-state index in [1.165, 1.54) is 11.3 Å². The van der Waals surface area contributed by atoms with Crippen molar-refractivity contribution in [3.8, 4) is 5.75 Å². The van der Waals surface area contributed by atoms with Crippen LogP contribution in [0.1, 0.15) is 21.7 Å². The lowest BCUT2D eigenvalue weighted by molar-refractivity contribution is -0.121. The molecule has 2 N–H and O–H groups in total. The van der Waals surface area contributed by atoms with Crippen LogP contribution in [0.2, 0.25) is 5.02 Å². The van der Waals surface area contributed by atoms with Crippen LogP contribution < -0.4 is 15.6 Å². The van der Waals surface area contributed by atoms with E-state index < -0.39 is 5.91 Å². The maximum atomic E-state index is 12.3. The zero-order chi connectivity index (χ0) is 18.5. The molecule has 0 atom stereocenters. The molecule has 0 spiro atoms. The van der Waals surface area contributed by atoms with Crippen molar-refractivity contribution >= 4 is 44.8 Å².